The van der Waals surface area contributed by atoms with Gasteiger partial charge in [-0.3, -0.25) is 4.79 Å². The lowest BCUT2D eigenvalue weighted by atomic mass is 10.0. The van der Waals surface area contributed by atoms with Crippen LogP contribution in [-0.4, -0.2) is 11.0 Å². The number of phenols is 1. The van der Waals surface area contributed by atoms with Crippen molar-refractivity contribution in [1.29, 1.82) is 0 Å². The second-order valence-electron chi connectivity index (χ2n) is 4.51. The first-order valence-electron chi connectivity index (χ1n) is 5.97. The largest absolute Gasteiger partial charge is 0.506 e. The standard InChI is InChI=1S/C15H8Br2INO2/c16-10-5-7(6-11(17)14(10)20)4-9-8-2-1-3-12(18)13(8)19-15(9)21/h1-6,20H,(H,19,21). The van der Waals surface area contributed by atoms with Gasteiger partial charge in [0.2, 0.25) is 0 Å². The summed E-state index contributed by atoms with van der Waals surface area (Å²) in [6.07, 6.45) is 1.81. The Morgan fingerprint density at radius 3 is 2.52 bits per heavy atom. The number of rotatable bonds is 1. The van der Waals surface area contributed by atoms with E-state index in [0.717, 1.165) is 20.4 Å². The van der Waals surface area contributed by atoms with Gasteiger partial charge < -0.3 is 10.4 Å². The van der Waals surface area contributed by atoms with Gasteiger partial charge in [-0.05, 0) is 84.3 Å². The molecule has 0 saturated carbocycles. The number of phenolic OH excluding ortho intramolecular Hbond substituents is 1. The Balaban J connectivity index is 2.14. The number of hydrogen-bond donors (Lipinski definition) is 2. The first kappa shape index (κ1) is 15.1. The van der Waals surface area contributed by atoms with E-state index in [1.807, 2.05) is 24.3 Å². The minimum Gasteiger partial charge on any atom is -0.506 e. The van der Waals surface area contributed by atoms with Crippen LogP contribution in [0.3, 0.4) is 0 Å². The first-order valence-corrected chi connectivity index (χ1v) is 8.64. The molecule has 3 rings (SSSR count). The number of halogens is 3. The molecule has 2 N–H and O–H groups in total. The summed E-state index contributed by atoms with van der Waals surface area (Å²) in [5, 5.41) is 12.6. The third-order valence-corrected chi connectivity index (χ3v) is 5.25. The van der Waals surface area contributed by atoms with Gasteiger partial charge in [0.05, 0.1) is 14.6 Å². The predicted molar refractivity (Wildman–Crippen MR) is 99.2 cm³/mol. The maximum absolute atomic E-state index is 12.2. The van der Waals surface area contributed by atoms with E-state index in [9.17, 15) is 9.90 Å². The summed E-state index contributed by atoms with van der Waals surface area (Å²) in [6.45, 7) is 0. The van der Waals surface area contributed by atoms with E-state index in [1.54, 1.807) is 12.1 Å². The van der Waals surface area contributed by atoms with Crippen LogP contribution in [-0.2, 0) is 4.79 Å². The van der Waals surface area contributed by atoms with Gasteiger partial charge in [0.25, 0.3) is 5.91 Å². The van der Waals surface area contributed by atoms with Crippen LogP contribution in [0.2, 0.25) is 0 Å². The highest BCUT2D eigenvalue weighted by atomic mass is 127. The number of amides is 1. The molecule has 0 unspecified atom stereocenters. The Morgan fingerprint density at radius 1 is 1.19 bits per heavy atom. The first-order chi connectivity index (χ1) is 9.97. The molecule has 0 spiro atoms. The SMILES string of the molecule is O=C1Nc2c(I)cccc2C1=Cc1cc(Br)c(O)c(Br)c1. The van der Waals surface area contributed by atoms with E-state index < -0.39 is 0 Å². The molecule has 1 heterocycles. The van der Waals surface area contributed by atoms with Gasteiger partial charge in [-0.2, -0.15) is 0 Å². The van der Waals surface area contributed by atoms with Gasteiger partial charge in [-0.1, -0.05) is 12.1 Å². The Bertz CT molecular complexity index is 779. The van der Waals surface area contributed by atoms with E-state index in [0.29, 0.717) is 14.5 Å². The van der Waals surface area contributed by atoms with E-state index in [1.165, 1.54) is 0 Å². The van der Waals surface area contributed by atoms with Crippen molar-refractivity contribution < 1.29 is 9.90 Å². The van der Waals surface area contributed by atoms with Crippen molar-refractivity contribution in [3.8, 4) is 5.75 Å². The molecule has 0 radical (unpaired) electrons. The van der Waals surface area contributed by atoms with Crippen LogP contribution in [0.5, 0.6) is 5.75 Å². The Hall–Kier alpha value is -0.860. The van der Waals surface area contributed by atoms with Crippen LogP contribution < -0.4 is 5.32 Å². The minimum absolute atomic E-state index is 0.116. The summed E-state index contributed by atoms with van der Waals surface area (Å²) in [6, 6.07) is 9.35. The van der Waals surface area contributed by atoms with E-state index in [4.69, 9.17) is 0 Å². The summed E-state index contributed by atoms with van der Waals surface area (Å²) in [5.41, 5.74) is 3.19. The minimum atomic E-state index is -0.116. The van der Waals surface area contributed by atoms with Crippen molar-refractivity contribution in [2.45, 2.75) is 0 Å². The van der Waals surface area contributed by atoms with Crippen molar-refractivity contribution in [1.82, 2.24) is 0 Å². The number of carbonyl (C=O) groups is 1. The molecule has 106 valence electrons. The lowest BCUT2D eigenvalue weighted by Crippen LogP contribution is -2.04. The lowest BCUT2D eigenvalue weighted by molar-refractivity contribution is -0.110. The van der Waals surface area contributed by atoms with Crippen LogP contribution in [0.4, 0.5) is 5.69 Å². The Kier molecular flexibility index (Phi) is 4.11. The molecular weight excluding hydrogens is 513 g/mol. The smallest absolute Gasteiger partial charge is 0.256 e. The fourth-order valence-electron chi connectivity index (χ4n) is 2.16. The molecule has 2 aromatic rings. The van der Waals surface area contributed by atoms with Crippen molar-refractivity contribution in [3.63, 3.8) is 0 Å². The molecule has 0 atom stereocenters. The summed E-state index contributed by atoms with van der Waals surface area (Å²) in [4.78, 5) is 12.2. The van der Waals surface area contributed by atoms with Crippen LogP contribution in [0, 0.1) is 3.57 Å². The predicted octanol–water partition coefficient (Wildman–Crippen LogP) is 5.01. The summed E-state index contributed by atoms with van der Waals surface area (Å²) in [5.74, 6) is 0.0254. The number of fused-ring (bicyclic) bond motifs is 1. The average Bonchev–Trinajstić information content (AvgIpc) is 2.75. The van der Waals surface area contributed by atoms with E-state index >= 15 is 0 Å². The quantitative estimate of drug-likeness (QED) is 0.410. The van der Waals surface area contributed by atoms with Crippen LogP contribution in [0.1, 0.15) is 11.1 Å². The van der Waals surface area contributed by atoms with Gasteiger partial charge in [-0.25, -0.2) is 0 Å². The molecule has 6 heteroatoms. The zero-order valence-corrected chi connectivity index (χ0v) is 15.8. The highest BCUT2D eigenvalue weighted by Crippen LogP contribution is 2.38. The molecule has 1 aliphatic heterocycles. The number of carbonyl (C=O) groups excluding carboxylic acids is 1. The van der Waals surface area contributed by atoms with Gasteiger partial charge in [0.15, 0.2) is 0 Å². The van der Waals surface area contributed by atoms with Gasteiger partial charge in [0.1, 0.15) is 5.75 Å². The number of aromatic hydroxyl groups is 1. The number of para-hydroxylation sites is 1. The van der Waals surface area contributed by atoms with Crippen LogP contribution in [0.15, 0.2) is 39.3 Å². The molecule has 0 fully saturated rings. The van der Waals surface area contributed by atoms with Gasteiger partial charge in [0, 0.05) is 14.7 Å². The molecule has 0 bridgehead atoms. The van der Waals surface area contributed by atoms with Crippen molar-refractivity contribution in [2.75, 3.05) is 5.32 Å². The molecule has 21 heavy (non-hydrogen) atoms. The molecule has 1 amide bonds. The number of benzene rings is 2. The third kappa shape index (κ3) is 2.76. The number of anilines is 1. The fraction of sp³-hybridized carbons (Fsp3) is 0. The molecule has 0 aromatic heterocycles. The number of hydrogen-bond acceptors (Lipinski definition) is 2. The van der Waals surface area contributed by atoms with Crippen molar-refractivity contribution >= 4 is 77.7 Å². The Morgan fingerprint density at radius 2 is 1.86 bits per heavy atom. The molecule has 1 aliphatic rings. The summed E-state index contributed by atoms with van der Waals surface area (Å²) in [7, 11) is 0. The topological polar surface area (TPSA) is 49.3 Å². The van der Waals surface area contributed by atoms with E-state index in [2.05, 4.69) is 59.8 Å². The second kappa shape index (κ2) is 5.73. The zero-order chi connectivity index (χ0) is 15.1. The normalized spacial score (nSPS) is 15.2. The second-order valence-corrected chi connectivity index (χ2v) is 7.38. The monoisotopic (exact) mass is 519 g/mol. The summed E-state index contributed by atoms with van der Waals surface area (Å²) >= 11 is 8.79. The number of nitrogens with one attached hydrogen (secondary N) is 1. The van der Waals surface area contributed by atoms with Crippen LogP contribution in [0.25, 0.3) is 11.6 Å². The van der Waals surface area contributed by atoms with Crippen molar-refractivity contribution in [2.24, 2.45) is 0 Å². The molecule has 0 saturated heterocycles. The van der Waals surface area contributed by atoms with Gasteiger partial charge >= 0.3 is 0 Å². The van der Waals surface area contributed by atoms with Crippen molar-refractivity contribution in [3.05, 3.63) is 54.0 Å². The molecule has 0 aliphatic carbocycles. The van der Waals surface area contributed by atoms with Crippen LogP contribution >= 0.6 is 54.5 Å². The fourth-order valence-corrected chi connectivity index (χ4v) is 4.01. The molecule has 3 nitrogen and oxygen atoms in total. The average molecular weight is 521 g/mol. The highest BCUT2D eigenvalue weighted by Gasteiger charge is 2.25. The zero-order valence-electron chi connectivity index (χ0n) is 10.5. The molecular formula is C15H8Br2INO2. The maximum Gasteiger partial charge on any atom is 0.256 e. The van der Waals surface area contributed by atoms with E-state index in [-0.39, 0.29) is 11.7 Å². The third-order valence-electron chi connectivity index (χ3n) is 3.14. The van der Waals surface area contributed by atoms with Gasteiger partial charge in [-0.15, -0.1) is 0 Å². The maximum atomic E-state index is 12.2. The highest BCUT2D eigenvalue weighted by molar-refractivity contribution is 14.1. The lowest BCUT2D eigenvalue weighted by Gasteiger charge is -2.04. The Labute approximate surface area is 151 Å². The molecule has 2 aromatic carbocycles. The summed E-state index contributed by atoms with van der Waals surface area (Å²) < 4.78 is 2.16.